The summed E-state index contributed by atoms with van der Waals surface area (Å²) in [6.45, 7) is -2.75. The number of para-hydroxylation sites is 1. The molecule has 9 nitrogen and oxygen atoms in total. The van der Waals surface area contributed by atoms with Crippen LogP contribution in [0.1, 0.15) is 11.1 Å². The van der Waals surface area contributed by atoms with Crippen LogP contribution in [0.3, 0.4) is 0 Å². The van der Waals surface area contributed by atoms with Crippen molar-refractivity contribution in [1.82, 2.24) is 10.6 Å². The lowest BCUT2D eigenvalue weighted by molar-refractivity contribution is -0.385. The van der Waals surface area contributed by atoms with Gasteiger partial charge in [0.25, 0.3) is 5.69 Å². The van der Waals surface area contributed by atoms with Gasteiger partial charge in [0.1, 0.15) is 5.75 Å². The van der Waals surface area contributed by atoms with Gasteiger partial charge in [-0.05, 0) is 6.07 Å². The first-order valence-corrected chi connectivity index (χ1v) is 8.52. The fraction of sp³-hybridized carbons (Fsp3) is 0.278. The molecule has 2 aromatic rings. The Morgan fingerprint density at radius 2 is 1.83 bits per heavy atom. The second-order valence-electron chi connectivity index (χ2n) is 5.86. The summed E-state index contributed by atoms with van der Waals surface area (Å²) in [7, 11) is 1.52. The number of halogens is 3. The van der Waals surface area contributed by atoms with Gasteiger partial charge in [0.2, 0.25) is 6.79 Å². The Kier molecular flexibility index (Phi) is 8.38. The summed E-state index contributed by atoms with van der Waals surface area (Å²) in [6, 6.07) is 9.20. The van der Waals surface area contributed by atoms with Gasteiger partial charge in [-0.3, -0.25) is 15.1 Å². The number of hydrogen-bond acceptors (Lipinski definition) is 6. The van der Waals surface area contributed by atoms with E-state index in [2.05, 4.69) is 20.4 Å². The van der Waals surface area contributed by atoms with Crippen molar-refractivity contribution in [2.75, 3.05) is 13.8 Å². The molecule has 0 saturated heterocycles. The Labute approximate surface area is 187 Å². The van der Waals surface area contributed by atoms with Crippen LogP contribution in [-0.2, 0) is 13.1 Å². The number of nitrogens with zero attached hydrogens (tertiary/aromatic N) is 2. The van der Waals surface area contributed by atoms with E-state index in [1.54, 1.807) is 24.3 Å². The first-order chi connectivity index (χ1) is 14.0. The molecule has 0 bridgehead atoms. The molecule has 0 fully saturated rings. The zero-order valence-electron chi connectivity index (χ0n) is 15.8. The SMILES string of the molecule is CN=C(NCc1cc2c(cc1OC(F)F)OCO2)NCc1ccccc1[N+](=O)[O-].I. The van der Waals surface area contributed by atoms with Crippen LogP contribution in [0, 0.1) is 10.1 Å². The van der Waals surface area contributed by atoms with Crippen molar-refractivity contribution in [2.24, 2.45) is 4.99 Å². The zero-order valence-corrected chi connectivity index (χ0v) is 18.1. The normalized spacial score (nSPS) is 12.3. The molecule has 162 valence electrons. The van der Waals surface area contributed by atoms with Gasteiger partial charge in [0.05, 0.1) is 4.92 Å². The van der Waals surface area contributed by atoms with Crippen molar-refractivity contribution in [2.45, 2.75) is 19.7 Å². The lowest BCUT2D eigenvalue weighted by Gasteiger charge is -2.15. The van der Waals surface area contributed by atoms with Gasteiger partial charge in [0, 0.05) is 43.4 Å². The van der Waals surface area contributed by atoms with E-state index in [4.69, 9.17) is 9.47 Å². The van der Waals surface area contributed by atoms with Crippen LogP contribution in [0.5, 0.6) is 17.2 Å². The number of alkyl halides is 2. The third-order valence-corrected chi connectivity index (χ3v) is 4.08. The number of nitrogens with one attached hydrogen (secondary N) is 2. The summed E-state index contributed by atoms with van der Waals surface area (Å²) in [5.41, 5.74) is 0.868. The van der Waals surface area contributed by atoms with E-state index >= 15 is 0 Å². The molecule has 3 rings (SSSR count). The maximum Gasteiger partial charge on any atom is 0.387 e. The number of benzene rings is 2. The largest absolute Gasteiger partial charge is 0.454 e. The molecule has 1 heterocycles. The molecule has 12 heteroatoms. The third-order valence-electron chi connectivity index (χ3n) is 4.08. The minimum absolute atomic E-state index is 0. The highest BCUT2D eigenvalue weighted by molar-refractivity contribution is 14.0. The summed E-state index contributed by atoms with van der Waals surface area (Å²) in [5.74, 6) is 1.02. The lowest BCUT2D eigenvalue weighted by atomic mass is 10.1. The number of guanidine groups is 1. The fourth-order valence-electron chi connectivity index (χ4n) is 2.73. The summed E-state index contributed by atoms with van der Waals surface area (Å²) < 4.78 is 40.5. The van der Waals surface area contributed by atoms with E-state index in [1.807, 2.05) is 0 Å². The van der Waals surface area contributed by atoms with Crippen LogP contribution in [0.15, 0.2) is 41.4 Å². The minimum atomic E-state index is -3.00. The molecule has 2 N–H and O–H groups in total. The molecule has 0 aliphatic carbocycles. The molecular formula is C18H19F2IN4O5. The standard InChI is InChI=1S/C18H18F2N4O5.HI/c1-21-18(22-8-11-4-2-3-5-13(11)24(25)26)23-9-12-6-15-16(28-10-27-15)7-14(12)29-17(19)20;/h2-7,17H,8-10H2,1H3,(H2,21,22,23);1H. The van der Waals surface area contributed by atoms with Gasteiger partial charge >= 0.3 is 6.61 Å². The average Bonchev–Trinajstić information content (AvgIpc) is 3.15. The average molecular weight is 536 g/mol. The van der Waals surface area contributed by atoms with Gasteiger partial charge in [-0.15, -0.1) is 24.0 Å². The summed E-state index contributed by atoms with van der Waals surface area (Å²) >= 11 is 0. The highest BCUT2D eigenvalue weighted by Crippen LogP contribution is 2.38. The highest BCUT2D eigenvalue weighted by Gasteiger charge is 2.20. The first-order valence-electron chi connectivity index (χ1n) is 8.52. The molecule has 0 amide bonds. The summed E-state index contributed by atoms with van der Waals surface area (Å²) in [5, 5.41) is 17.0. The highest BCUT2D eigenvalue weighted by atomic mass is 127. The quantitative estimate of drug-likeness (QED) is 0.184. The Balaban J connectivity index is 0.00000320. The van der Waals surface area contributed by atoms with Gasteiger partial charge in [-0.2, -0.15) is 8.78 Å². The van der Waals surface area contributed by atoms with E-state index in [9.17, 15) is 18.9 Å². The molecule has 0 saturated carbocycles. The molecular weight excluding hydrogens is 517 g/mol. The summed E-state index contributed by atoms with van der Waals surface area (Å²) in [6.07, 6.45) is 0. The Hall–Kier alpha value is -2.90. The van der Waals surface area contributed by atoms with Crippen molar-refractivity contribution in [1.29, 1.82) is 0 Å². The van der Waals surface area contributed by atoms with E-state index in [1.165, 1.54) is 19.2 Å². The van der Waals surface area contributed by atoms with Crippen LogP contribution < -0.4 is 24.8 Å². The molecule has 0 unspecified atom stereocenters. The van der Waals surface area contributed by atoms with Crippen LogP contribution in [0.25, 0.3) is 0 Å². The molecule has 0 spiro atoms. The predicted octanol–water partition coefficient (Wildman–Crippen LogP) is 3.41. The number of nitro benzene ring substituents is 1. The first kappa shape index (κ1) is 23.4. The Morgan fingerprint density at radius 1 is 1.20 bits per heavy atom. The van der Waals surface area contributed by atoms with E-state index in [0.717, 1.165) is 0 Å². The van der Waals surface area contributed by atoms with Crippen molar-refractivity contribution >= 4 is 35.6 Å². The van der Waals surface area contributed by atoms with E-state index in [-0.39, 0.29) is 55.3 Å². The predicted molar refractivity (Wildman–Crippen MR) is 115 cm³/mol. The monoisotopic (exact) mass is 536 g/mol. The second kappa shape index (κ2) is 10.8. The minimum Gasteiger partial charge on any atom is -0.454 e. The number of hydrogen-bond donors (Lipinski definition) is 2. The maximum atomic E-state index is 12.7. The fourth-order valence-corrected chi connectivity index (χ4v) is 2.73. The smallest absolute Gasteiger partial charge is 0.387 e. The molecule has 2 aromatic carbocycles. The molecule has 0 atom stereocenters. The van der Waals surface area contributed by atoms with Gasteiger partial charge < -0.3 is 24.8 Å². The summed E-state index contributed by atoms with van der Waals surface area (Å²) in [4.78, 5) is 14.7. The Morgan fingerprint density at radius 3 is 2.47 bits per heavy atom. The van der Waals surface area contributed by atoms with Crippen LogP contribution >= 0.6 is 24.0 Å². The number of fused-ring (bicyclic) bond motifs is 1. The van der Waals surface area contributed by atoms with Gasteiger partial charge in [0.15, 0.2) is 17.5 Å². The maximum absolute atomic E-state index is 12.7. The second-order valence-corrected chi connectivity index (χ2v) is 5.86. The lowest BCUT2D eigenvalue weighted by Crippen LogP contribution is -2.36. The topological polar surface area (TPSA) is 107 Å². The van der Waals surface area contributed by atoms with Gasteiger partial charge in [-0.1, -0.05) is 18.2 Å². The van der Waals surface area contributed by atoms with Crippen molar-refractivity contribution in [3.8, 4) is 17.2 Å². The van der Waals surface area contributed by atoms with Crippen LogP contribution in [0.2, 0.25) is 0 Å². The molecule has 1 aliphatic rings. The number of aliphatic imine (C=N–C) groups is 1. The van der Waals surface area contributed by atoms with Crippen molar-refractivity contribution in [3.05, 3.63) is 57.6 Å². The number of nitro groups is 1. The number of rotatable bonds is 7. The Bertz CT molecular complexity index is 929. The number of ether oxygens (including phenoxy) is 3. The van der Waals surface area contributed by atoms with E-state index in [0.29, 0.717) is 28.6 Å². The molecule has 0 aromatic heterocycles. The van der Waals surface area contributed by atoms with Crippen LogP contribution in [0.4, 0.5) is 14.5 Å². The molecule has 0 radical (unpaired) electrons. The van der Waals surface area contributed by atoms with Gasteiger partial charge in [-0.25, -0.2) is 0 Å². The third kappa shape index (κ3) is 5.81. The zero-order chi connectivity index (χ0) is 20.8. The van der Waals surface area contributed by atoms with Crippen molar-refractivity contribution in [3.63, 3.8) is 0 Å². The molecule has 30 heavy (non-hydrogen) atoms. The van der Waals surface area contributed by atoms with E-state index < -0.39 is 11.5 Å². The van der Waals surface area contributed by atoms with Crippen LogP contribution in [-0.4, -0.2) is 31.3 Å². The van der Waals surface area contributed by atoms with Crippen molar-refractivity contribution < 1.29 is 27.9 Å². The molecule has 1 aliphatic heterocycles.